The van der Waals surface area contributed by atoms with E-state index in [1.54, 1.807) is 0 Å². The number of carbonyl (C=O) groups is 1. The van der Waals surface area contributed by atoms with E-state index >= 15 is 0 Å². The Labute approximate surface area is 174 Å². The minimum atomic E-state index is -0.0628. The second-order valence-electron chi connectivity index (χ2n) is 7.62. The lowest BCUT2D eigenvalue weighted by Gasteiger charge is -2.33. The first-order valence-corrected chi connectivity index (χ1v) is 10.7. The normalized spacial score (nSPS) is 19.2. The van der Waals surface area contributed by atoms with Gasteiger partial charge in [-0.05, 0) is 30.9 Å². The molecule has 7 heteroatoms. The molecule has 0 amide bonds. The minimum absolute atomic E-state index is 0.0150. The van der Waals surface area contributed by atoms with Gasteiger partial charge in [0.1, 0.15) is 0 Å². The number of hydrogen-bond acceptors (Lipinski definition) is 5. The Balaban J connectivity index is 1.48. The van der Waals surface area contributed by atoms with E-state index in [4.69, 9.17) is 9.47 Å². The van der Waals surface area contributed by atoms with Crippen molar-refractivity contribution in [2.75, 3.05) is 53.0 Å². The van der Waals surface area contributed by atoms with E-state index in [1.165, 1.54) is 11.1 Å². The molecule has 2 saturated heterocycles. The molecular weight excluding hydrogens is 368 g/mol. The molecule has 0 radical (unpaired) electrons. The van der Waals surface area contributed by atoms with Gasteiger partial charge in [0, 0.05) is 46.3 Å². The fourth-order valence-corrected chi connectivity index (χ4v) is 3.96. The van der Waals surface area contributed by atoms with Crippen LogP contribution in [-0.2, 0) is 27.4 Å². The van der Waals surface area contributed by atoms with Crippen molar-refractivity contribution in [1.82, 2.24) is 15.1 Å². The van der Waals surface area contributed by atoms with Crippen molar-refractivity contribution >= 4 is 11.9 Å². The summed E-state index contributed by atoms with van der Waals surface area (Å²) in [4.78, 5) is 21.0. The summed E-state index contributed by atoms with van der Waals surface area (Å²) < 4.78 is 10.6. The lowest BCUT2D eigenvalue weighted by Crippen LogP contribution is -2.46. The molecule has 0 unspecified atom stereocenters. The van der Waals surface area contributed by atoms with E-state index in [2.05, 4.69) is 44.4 Å². The molecule has 2 fully saturated rings. The summed E-state index contributed by atoms with van der Waals surface area (Å²) >= 11 is 0. The summed E-state index contributed by atoms with van der Waals surface area (Å²) in [6.45, 7) is 9.29. The largest absolute Gasteiger partial charge is 0.466 e. The molecule has 160 valence electrons. The predicted molar refractivity (Wildman–Crippen MR) is 114 cm³/mol. The van der Waals surface area contributed by atoms with E-state index < -0.39 is 0 Å². The lowest BCUT2D eigenvalue weighted by atomic mass is 9.97. The van der Waals surface area contributed by atoms with Crippen LogP contribution in [0, 0.1) is 5.92 Å². The van der Waals surface area contributed by atoms with Crippen molar-refractivity contribution in [2.24, 2.45) is 10.9 Å². The number of benzene rings is 1. The number of ether oxygens (including phenoxy) is 2. The van der Waals surface area contributed by atoms with Crippen molar-refractivity contribution in [3.05, 3.63) is 35.4 Å². The van der Waals surface area contributed by atoms with Gasteiger partial charge >= 0.3 is 5.97 Å². The van der Waals surface area contributed by atoms with Crippen molar-refractivity contribution in [1.29, 1.82) is 0 Å². The monoisotopic (exact) mass is 402 g/mol. The molecule has 3 rings (SSSR count). The van der Waals surface area contributed by atoms with Gasteiger partial charge in [0.05, 0.1) is 25.7 Å². The van der Waals surface area contributed by atoms with Crippen LogP contribution in [0.3, 0.4) is 0 Å². The SMILES string of the molecule is CCOC(=O)C1CCN(C(=NC)NCc2cccc(CN3CCOCC3)c2)CC1. The average molecular weight is 403 g/mol. The number of nitrogens with one attached hydrogen (secondary N) is 1. The Morgan fingerprint density at radius 1 is 1.21 bits per heavy atom. The van der Waals surface area contributed by atoms with Gasteiger partial charge in [0.15, 0.2) is 5.96 Å². The first-order valence-electron chi connectivity index (χ1n) is 10.7. The number of likely N-dealkylation sites (tertiary alicyclic amines) is 1. The Morgan fingerprint density at radius 2 is 1.93 bits per heavy atom. The van der Waals surface area contributed by atoms with Crippen molar-refractivity contribution in [3.8, 4) is 0 Å². The molecule has 1 aromatic carbocycles. The van der Waals surface area contributed by atoms with E-state index in [1.807, 2.05) is 14.0 Å². The van der Waals surface area contributed by atoms with E-state index in [9.17, 15) is 4.79 Å². The number of aliphatic imine (C=N–C) groups is 1. The molecule has 0 bridgehead atoms. The standard InChI is InChI=1S/C22H34N4O3/c1-3-29-21(27)20-7-9-26(10-8-20)22(23-2)24-16-18-5-4-6-19(15-18)17-25-11-13-28-14-12-25/h4-6,15,20H,3,7-14,16-17H2,1-2H3,(H,23,24). The summed E-state index contributed by atoms with van der Waals surface area (Å²) in [5, 5.41) is 3.48. The fraction of sp³-hybridized carbons (Fsp3) is 0.636. The molecule has 0 spiro atoms. The average Bonchev–Trinajstić information content (AvgIpc) is 2.76. The number of morpholine rings is 1. The van der Waals surface area contributed by atoms with Gasteiger partial charge in [0.2, 0.25) is 0 Å². The van der Waals surface area contributed by atoms with Crippen molar-refractivity contribution in [3.63, 3.8) is 0 Å². The maximum absolute atomic E-state index is 11.9. The third-order valence-electron chi connectivity index (χ3n) is 5.58. The highest BCUT2D eigenvalue weighted by Crippen LogP contribution is 2.19. The summed E-state index contributed by atoms with van der Waals surface area (Å²) in [6, 6.07) is 8.73. The third-order valence-corrected chi connectivity index (χ3v) is 5.58. The fourth-order valence-electron chi connectivity index (χ4n) is 3.96. The first-order chi connectivity index (χ1) is 14.2. The highest BCUT2D eigenvalue weighted by molar-refractivity contribution is 5.80. The summed E-state index contributed by atoms with van der Waals surface area (Å²) in [5.41, 5.74) is 2.58. The van der Waals surface area contributed by atoms with Gasteiger partial charge in [-0.25, -0.2) is 0 Å². The highest BCUT2D eigenvalue weighted by atomic mass is 16.5. The predicted octanol–water partition coefficient (Wildman–Crippen LogP) is 1.87. The molecule has 0 aromatic heterocycles. The molecule has 29 heavy (non-hydrogen) atoms. The van der Waals surface area contributed by atoms with Crippen LogP contribution in [-0.4, -0.2) is 74.8 Å². The Morgan fingerprint density at radius 3 is 2.62 bits per heavy atom. The number of guanidine groups is 1. The van der Waals surface area contributed by atoms with E-state index in [-0.39, 0.29) is 11.9 Å². The molecule has 2 aliphatic heterocycles. The van der Waals surface area contributed by atoms with Gasteiger partial charge in [-0.2, -0.15) is 0 Å². The smallest absolute Gasteiger partial charge is 0.309 e. The van der Waals surface area contributed by atoms with Gasteiger partial charge in [-0.1, -0.05) is 24.3 Å². The maximum Gasteiger partial charge on any atom is 0.309 e. The second-order valence-corrected chi connectivity index (χ2v) is 7.62. The maximum atomic E-state index is 11.9. The third kappa shape index (κ3) is 6.44. The summed E-state index contributed by atoms with van der Waals surface area (Å²) in [7, 11) is 1.81. The molecule has 2 heterocycles. The zero-order chi connectivity index (χ0) is 20.5. The molecule has 0 aliphatic carbocycles. The summed E-state index contributed by atoms with van der Waals surface area (Å²) in [6.07, 6.45) is 1.63. The van der Waals surface area contributed by atoms with Crippen LogP contribution < -0.4 is 5.32 Å². The van der Waals surface area contributed by atoms with E-state index in [0.717, 1.165) is 71.3 Å². The molecular formula is C22H34N4O3. The molecule has 1 N–H and O–H groups in total. The lowest BCUT2D eigenvalue weighted by molar-refractivity contribution is -0.149. The van der Waals surface area contributed by atoms with Crippen LogP contribution in [0.25, 0.3) is 0 Å². The van der Waals surface area contributed by atoms with Crippen LogP contribution in [0.4, 0.5) is 0 Å². The zero-order valence-electron chi connectivity index (χ0n) is 17.7. The van der Waals surface area contributed by atoms with Crippen LogP contribution in [0.2, 0.25) is 0 Å². The second kappa shape index (κ2) is 11.2. The van der Waals surface area contributed by atoms with Gasteiger partial charge in [-0.15, -0.1) is 0 Å². The Hall–Kier alpha value is -2.12. The molecule has 7 nitrogen and oxygen atoms in total. The highest BCUT2D eigenvalue weighted by Gasteiger charge is 2.27. The van der Waals surface area contributed by atoms with E-state index in [0.29, 0.717) is 6.61 Å². The Kier molecular flexibility index (Phi) is 8.31. The molecule has 1 aromatic rings. The van der Waals surface area contributed by atoms with Crippen molar-refractivity contribution in [2.45, 2.75) is 32.9 Å². The van der Waals surface area contributed by atoms with Gasteiger partial charge in [0.25, 0.3) is 0 Å². The van der Waals surface area contributed by atoms with Crippen LogP contribution in [0.5, 0.6) is 0 Å². The minimum Gasteiger partial charge on any atom is -0.466 e. The number of carbonyl (C=O) groups excluding carboxylic acids is 1. The number of rotatable bonds is 6. The number of nitrogens with zero attached hydrogens (tertiary/aromatic N) is 3. The zero-order valence-corrected chi connectivity index (χ0v) is 17.7. The topological polar surface area (TPSA) is 66.4 Å². The van der Waals surface area contributed by atoms with Crippen LogP contribution in [0.15, 0.2) is 29.3 Å². The van der Waals surface area contributed by atoms with Crippen molar-refractivity contribution < 1.29 is 14.3 Å². The molecule has 0 atom stereocenters. The van der Waals surface area contributed by atoms with Crippen LogP contribution in [0.1, 0.15) is 30.9 Å². The number of hydrogen-bond donors (Lipinski definition) is 1. The molecule has 2 aliphatic rings. The number of esters is 1. The number of piperidine rings is 1. The summed E-state index contributed by atoms with van der Waals surface area (Å²) in [5.74, 6) is 0.847. The van der Waals surface area contributed by atoms with Crippen LogP contribution >= 0.6 is 0 Å². The van der Waals surface area contributed by atoms with Gasteiger partial charge in [-0.3, -0.25) is 14.7 Å². The molecule has 0 saturated carbocycles. The Bertz CT molecular complexity index is 680. The first kappa shape index (κ1) is 21.6. The van der Waals surface area contributed by atoms with Gasteiger partial charge < -0.3 is 19.7 Å². The quantitative estimate of drug-likeness (QED) is 0.445.